The van der Waals surface area contributed by atoms with Gasteiger partial charge in [0.25, 0.3) is 0 Å². The van der Waals surface area contributed by atoms with E-state index in [0.717, 1.165) is 0 Å². The molecule has 1 aliphatic heterocycles. The Morgan fingerprint density at radius 3 is 2.50 bits per heavy atom. The van der Waals surface area contributed by atoms with Gasteiger partial charge in [-0.3, -0.25) is 0 Å². The Kier molecular flexibility index (Phi) is 5.09. The van der Waals surface area contributed by atoms with Gasteiger partial charge in [-0.25, -0.2) is 0 Å². The Labute approximate surface area is 124 Å². The molecule has 1 saturated heterocycles. The van der Waals surface area contributed by atoms with Crippen molar-refractivity contribution in [1.29, 1.82) is 0 Å². The van der Waals surface area contributed by atoms with Crippen molar-refractivity contribution in [1.82, 2.24) is 4.90 Å². The van der Waals surface area contributed by atoms with E-state index >= 15 is 0 Å². The van der Waals surface area contributed by atoms with Gasteiger partial charge in [-0.15, -0.1) is 0 Å². The van der Waals surface area contributed by atoms with Crippen LogP contribution in [0.5, 0.6) is 0 Å². The van der Waals surface area contributed by atoms with E-state index in [9.17, 15) is 0 Å². The van der Waals surface area contributed by atoms with Crippen LogP contribution >= 0.6 is 0 Å². The summed E-state index contributed by atoms with van der Waals surface area (Å²) in [5, 5.41) is 3.74. The first-order valence-corrected chi connectivity index (χ1v) is 8.08. The third kappa shape index (κ3) is 3.54. The van der Waals surface area contributed by atoms with Crippen molar-refractivity contribution < 1.29 is 0 Å². The molecule has 2 rings (SSSR count). The average Bonchev–Trinajstić information content (AvgIpc) is 2.44. The van der Waals surface area contributed by atoms with Gasteiger partial charge in [0.05, 0.1) is 0 Å². The maximum atomic E-state index is 3.74. The van der Waals surface area contributed by atoms with Crippen LogP contribution in [0.3, 0.4) is 0 Å². The molecule has 0 amide bonds. The molecule has 0 aliphatic carbocycles. The Hall–Kier alpha value is -1.02. The molecule has 1 aromatic carbocycles. The molecule has 0 bridgehead atoms. The van der Waals surface area contributed by atoms with E-state index in [4.69, 9.17) is 0 Å². The topological polar surface area (TPSA) is 15.3 Å². The molecule has 2 nitrogen and oxygen atoms in total. The Bertz CT molecular complexity index is 412. The molecule has 1 aliphatic rings. The molecule has 112 valence electrons. The summed E-state index contributed by atoms with van der Waals surface area (Å²) in [6, 6.07) is 10.3. The summed E-state index contributed by atoms with van der Waals surface area (Å²) in [7, 11) is 2.23. The molecule has 1 N–H and O–H groups in total. The zero-order valence-electron chi connectivity index (χ0n) is 13.7. The number of nitrogens with one attached hydrogen (secondary N) is 1. The maximum Gasteiger partial charge on any atom is 0.0342 e. The van der Waals surface area contributed by atoms with Crippen LogP contribution in [0.4, 0.5) is 5.69 Å². The first-order chi connectivity index (χ1) is 9.51. The van der Waals surface area contributed by atoms with Crippen LogP contribution in [0, 0.1) is 5.92 Å². The Morgan fingerprint density at radius 1 is 1.25 bits per heavy atom. The smallest absolute Gasteiger partial charge is 0.0342 e. The minimum Gasteiger partial charge on any atom is -0.382 e. The van der Waals surface area contributed by atoms with E-state index in [1.54, 1.807) is 0 Å². The molecular weight excluding hydrogens is 244 g/mol. The van der Waals surface area contributed by atoms with E-state index in [1.807, 2.05) is 0 Å². The highest BCUT2D eigenvalue weighted by molar-refractivity contribution is 5.46. The fourth-order valence-electron chi connectivity index (χ4n) is 3.10. The van der Waals surface area contributed by atoms with Crippen LogP contribution in [0.15, 0.2) is 24.3 Å². The van der Waals surface area contributed by atoms with Gasteiger partial charge in [-0.1, -0.05) is 32.9 Å². The lowest BCUT2D eigenvalue weighted by molar-refractivity contribution is 0.145. The Balaban J connectivity index is 1.99. The second-order valence-electron chi connectivity index (χ2n) is 6.68. The Morgan fingerprint density at radius 2 is 1.90 bits per heavy atom. The lowest BCUT2D eigenvalue weighted by atomic mass is 9.89. The molecule has 2 heteroatoms. The highest BCUT2D eigenvalue weighted by Crippen LogP contribution is 2.26. The summed E-state index contributed by atoms with van der Waals surface area (Å²) in [5.41, 5.74) is 2.72. The lowest BCUT2D eigenvalue weighted by Crippen LogP contribution is -2.48. The van der Waals surface area contributed by atoms with Gasteiger partial charge in [-0.2, -0.15) is 0 Å². The number of hydrogen-bond acceptors (Lipinski definition) is 2. The summed E-state index contributed by atoms with van der Waals surface area (Å²) in [4.78, 5) is 2.47. The van der Waals surface area contributed by atoms with E-state index in [2.05, 4.69) is 69.2 Å². The molecule has 0 aromatic heterocycles. The number of anilines is 1. The molecule has 0 saturated carbocycles. The van der Waals surface area contributed by atoms with Gasteiger partial charge in [-0.05, 0) is 56.3 Å². The summed E-state index contributed by atoms with van der Waals surface area (Å²) in [6.45, 7) is 10.4. The van der Waals surface area contributed by atoms with E-state index in [-0.39, 0.29) is 0 Å². The third-order valence-electron chi connectivity index (χ3n) is 5.05. The highest BCUT2D eigenvalue weighted by Gasteiger charge is 2.28. The molecular formula is C18H30N2. The van der Waals surface area contributed by atoms with Crippen molar-refractivity contribution in [3.05, 3.63) is 29.8 Å². The fourth-order valence-corrected chi connectivity index (χ4v) is 3.10. The first-order valence-electron chi connectivity index (χ1n) is 8.08. The van der Waals surface area contributed by atoms with Crippen molar-refractivity contribution in [2.24, 2.45) is 5.92 Å². The summed E-state index contributed by atoms with van der Waals surface area (Å²) in [6.07, 6.45) is 2.43. The number of hydrogen-bond donors (Lipinski definition) is 1. The average molecular weight is 274 g/mol. The molecule has 4 atom stereocenters. The summed E-state index contributed by atoms with van der Waals surface area (Å²) < 4.78 is 0. The monoisotopic (exact) mass is 274 g/mol. The molecule has 1 aromatic rings. The molecule has 0 radical (unpaired) electrons. The number of likely N-dealkylation sites (tertiary alicyclic amines) is 1. The number of rotatable bonds is 4. The molecule has 1 fully saturated rings. The van der Waals surface area contributed by atoms with Gasteiger partial charge < -0.3 is 10.2 Å². The van der Waals surface area contributed by atoms with Crippen LogP contribution in [-0.2, 0) is 0 Å². The van der Waals surface area contributed by atoms with Crippen LogP contribution < -0.4 is 5.32 Å². The SMILES string of the molecule is CCC(C)c1ccc(NC2CC(C)N(C)CC2C)cc1. The van der Waals surface area contributed by atoms with Crippen molar-refractivity contribution >= 4 is 5.69 Å². The summed E-state index contributed by atoms with van der Waals surface area (Å²) in [5.74, 6) is 1.36. The zero-order chi connectivity index (χ0) is 14.7. The number of benzene rings is 1. The second kappa shape index (κ2) is 6.62. The lowest BCUT2D eigenvalue weighted by Gasteiger charge is -2.40. The first kappa shape index (κ1) is 15.4. The quantitative estimate of drug-likeness (QED) is 0.878. The maximum absolute atomic E-state index is 3.74. The van der Waals surface area contributed by atoms with Crippen LogP contribution in [0.1, 0.15) is 52.0 Å². The van der Waals surface area contributed by atoms with E-state index < -0.39 is 0 Å². The predicted molar refractivity (Wildman–Crippen MR) is 88.4 cm³/mol. The van der Waals surface area contributed by atoms with Crippen molar-refractivity contribution in [2.75, 3.05) is 18.9 Å². The minimum absolute atomic E-state index is 0.593. The summed E-state index contributed by atoms with van der Waals surface area (Å²) >= 11 is 0. The normalized spacial score (nSPS) is 29.1. The van der Waals surface area contributed by atoms with Crippen molar-refractivity contribution in [3.8, 4) is 0 Å². The standard InChI is InChI=1S/C18H30N2/c1-6-13(2)16-7-9-17(10-8-16)19-18-11-15(4)20(5)12-14(18)3/h7-10,13-15,18-19H,6,11-12H2,1-5H3. The van der Waals surface area contributed by atoms with Gasteiger partial charge in [0, 0.05) is 24.3 Å². The van der Waals surface area contributed by atoms with Crippen LogP contribution in [0.25, 0.3) is 0 Å². The molecule has 4 unspecified atom stereocenters. The molecule has 1 heterocycles. The van der Waals surface area contributed by atoms with E-state index in [1.165, 1.54) is 30.6 Å². The zero-order valence-corrected chi connectivity index (χ0v) is 13.7. The van der Waals surface area contributed by atoms with Gasteiger partial charge in [0.1, 0.15) is 0 Å². The molecule has 0 spiro atoms. The fraction of sp³-hybridized carbons (Fsp3) is 0.667. The van der Waals surface area contributed by atoms with Crippen molar-refractivity contribution in [2.45, 2.75) is 58.5 Å². The molecule has 20 heavy (non-hydrogen) atoms. The van der Waals surface area contributed by atoms with Gasteiger partial charge in [0.2, 0.25) is 0 Å². The number of nitrogens with zero attached hydrogens (tertiary/aromatic N) is 1. The predicted octanol–water partition coefficient (Wildman–Crippen LogP) is 4.34. The van der Waals surface area contributed by atoms with E-state index in [0.29, 0.717) is 23.9 Å². The minimum atomic E-state index is 0.593. The third-order valence-corrected chi connectivity index (χ3v) is 5.05. The highest BCUT2D eigenvalue weighted by atomic mass is 15.2. The van der Waals surface area contributed by atoms with Crippen molar-refractivity contribution in [3.63, 3.8) is 0 Å². The van der Waals surface area contributed by atoms with Crippen LogP contribution in [-0.4, -0.2) is 30.6 Å². The largest absolute Gasteiger partial charge is 0.382 e. The van der Waals surface area contributed by atoms with Gasteiger partial charge >= 0.3 is 0 Å². The van der Waals surface area contributed by atoms with Gasteiger partial charge in [0.15, 0.2) is 0 Å². The number of piperidine rings is 1. The second-order valence-corrected chi connectivity index (χ2v) is 6.68. The van der Waals surface area contributed by atoms with Crippen LogP contribution in [0.2, 0.25) is 0 Å².